The minimum Gasteiger partial charge on any atom is -0.488 e. The van der Waals surface area contributed by atoms with Crippen molar-refractivity contribution in [3.05, 3.63) is 63.1 Å². The Morgan fingerprint density at radius 3 is 2.44 bits per heavy atom. The molecule has 5 nitrogen and oxygen atoms in total. The Labute approximate surface area is 189 Å². The number of ether oxygens (including phenoxy) is 1. The van der Waals surface area contributed by atoms with E-state index in [9.17, 15) is 18.0 Å². The Hall–Kier alpha value is -2.98. The molecule has 166 valence electrons. The molecule has 4 aromatic rings. The summed E-state index contributed by atoms with van der Waals surface area (Å²) in [5, 5.41) is 10.1. The number of aliphatic carboxylic acids is 1. The summed E-state index contributed by atoms with van der Waals surface area (Å²) >= 11 is 2.71. The van der Waals surface area contributed by atoms with Gasteiger partial charge in [0, 0.05) is 11.1 Å². The molecule has 4 rings (SSSR count). The zero-order valence-electron chi connectivity index (χ0n) is 17.0. The summed E-state index contributed by atoms with van der Waals surface area (Å²) in [5.74, 6) is -0.295. The van der Waals surface area contributed by atoms with E-state index >= 15 is 0 Å². The highest BCUT2D eigenvalue weighted by Gasteiger charge is 2.30. The fourth-order valence-electron chi connectivity index (χ4n) is 3.14. The van der Waals surface area contributed by atoms with Crippen LogP contribution in [0.3, 0.4) is 0 Å². The number of hydrogen-bond donors (Lipinski definition) is 1. The van der Waals surface area contributed by atoms with Crippen LogP contribution in [0.15, 0.2) is 36.4 Å². The van der Waals surface area contributed by atoms with E-state index < -0.39 is 17.7 Å². The van der Waals surface area contributed by atoms with E-state index in [0.717, 1.165) is 38.5 Å². The van der Waals surface area contributed by atoms with Gasteiger partial charge in [-0.25, -0.2) is 9.97 Å². The van der Waals surface area contributed by atoms with E-state index in [2.05, 4.69) is 9.97 Å². The van der Waals surface area contributed by atoms with Gasteiger partial charge in [0.15, 0.2) is 0 Å². The lowest BCUT2D eigenvalue weighted by molar-refractivity contribution is -0.138. The van der Waals surface area contributed by atoms with E-state index in [4.69, 9.17) is 9.84 Å². The molecule has 2 aromatic heterocycles. The highest BCUT2D eigenvalue weighted by atomic mass is 32.1. The summed E-state index contributed by atoms with van der Waals surface area (Å²) in [6.45, 7) is 3.95. The summed E-state index contributed by atoms with van der Waals surface area (Å²) in [6.07, 6.45) is -4.50. The maximum Gasteiger partial charge on any atom is 0.416 e. The molecule has 0 radical (unpaired) electrons. The third-order valence-corrected chi connectivity index (χ3v) is 7.02. The molecule has 0 aliphatic rings. The Balaban J connectivity index is 1.52. The highest BCUT2D eigenvalue weighted by molar-refractivity contribution is 7.18. The predicted octanol–water partition coefficient (Wildman–Crippen LogP) is 6.26. The summed E-state index contributed by atoms with van der Waals surface area (Å²) in [4.78, 5) is 20.7. The largest absolute Gasteiger partial charge is 0.488 e. The van der Waals surface area contributed by atoms with Gasteiger partial charge >= 0.3 is 12.1 Å². The first kappa shape index (κ1) is 22.2. The van der Waals surface area contributed by atoms with Crippen molar-refractivity contribution in [3.8, 4) is 16.3 Å². The van der Waals surface area contributed by atoms with Crippen LogP contribution in [0.5, 0.6) is 5.75 Å². The van der Waals surface area contributed by atoms with Crippen molar-refractivity contribution in [2.45, 2.75) is 33.1 Å². The van der Waals surface area contributed by atoms with Crippen molar-refractivity contribution < 1.29 is 27.8 Å². The van der Waals surface area contributed by atoms with Gasteiger partial charge in [-0.1, -0.05) is 12.1 Å². The van der Waals surface area contributed by atoms with Gasteiger partial charge in [0.05, 0.1) is 32.8 Å². The molecule has 2 heterocycles. The molecule has 0 spiro atoms. The SMILES string of the molecule is Cc1nc(-c2ccc(C(F)(F)F)cc2)sc1COc1ccc2sc(CC(=O)O)nc2c1C. The van der Waals surface area contributed by atoms with Crippen LogP contribution in [0.25, 0.3) is 20.8 Å². The molecule has 0 amide bonds. The van der Waals surface area contributed by atoms with E-state index in [0.29, 0.717) is 21.3 Å². The van der Waals surface area contributed by atoms with Gasteiger partial charge in [-0.3, -0.25) is 4.79 Å². The van der Waals surface area contributed by atoms with Gasteiger partial charge in [-0.15, -0.1) is 22.7 Å². The van der Waals surface area contributed by atoms with Crippen LogP contribution in [0.4, 0.5) is 13.2 Å². The first-order valence-corrected chi connectivity index (χ1v) is 11.1. The van der Waals surface area contributed by atoms with Crippen molar-refractivity contribution in [2.75, 3.05) is 0 Å². The maximum absolute atomic E-state index is 12.8. The van der Waals surface area contributed by atoms with E-state index in [1.54, 1.807) is 0 Å². The van der Waals surface area contributed by atoms with Gasteiger partial charge < -0.3 is 9.84 Å². The molecule has 0 aliphatic heterocycles. The van der Waals surface area contributed by atoms with E-state index in [1.165, 1.54) is 34.8 Å². The fourth-order valence-corrected chi connectivity index (χ4v) is 5.14. The minimum atomic E-state index is -4.37. The number of alkyl halides is 3. The van der Waals surface area contributed by atoms with Crippen molar-refractivity contribution in [2.24, 2.45) is 0 Å². The summed E-state index contributed by atoms with van der Waals surface area (Å²) in [7, 11) is 0. The van der Waals surface area contributed by atoms with Crippen LogP contribution in [-0.2, 0) is 24.0 Å². The molecule has 0 saturated carbocycles. The third-order valence-electron chi connectivity index (χ3n) is 4.82. The van der Waals surface area contributed by atoms with Gasteiger partial charge in [-0.2, -0.15) is 13.2 Å². The van der Waals surface area contributed by atoms with Gasteiger partial charge in [0.2, 0.25) is 0 Å². The van der Waals surface area contributed by atoms with Crippen molar-refractivity contribution in [1.29, 1.82) is 0 Å². The molecule has 0 fully saturated rings. The number of aryl methyl sites for hydroxylation is 2. The zero-order valence-corrected chi connectivity index (χ0v) is 18.6. The number of carboxylic acid groups (broad SMARTS) is 1. The van der Waals surface area contributed by atoms with E-state index in [-0.39, 0.29) is 13.0 Å². The van der Waals surface area contributed by atoms with Gasteiger partial charge in [-0.05, 0) is 38.1 Å². The minimum absolute atomic E-state index is 0.123. The smallest absolute Gasteiger partial charge is 0.416 e. The van der Waals surface area contributed by atoms with Crippen LogP contribution in [0.2, 0.25) is 0 Å². The van der Waals surface area contributed by atoms with Gasteiger partial charge in [0.25, 0.3) is 0 Å². The normalized spacial score (nSPS) is 11.8. The van der Waals surface area contributed by atoms with Crippen LogP contribution in [-0.4, -0.2) is 21.0 Å². The quantitative estimate of drug-likeness (QED) is 0.354. The molecule has 0 unspecified atom stereocenters. The Bertz CT molecular complexity index is 1290. The molecule has 32 heavy (non-hydrogen) atoms. The molecule has 0 bridgehead atoms. The van der Waals surface area contributed by atoms with Crippen molar-refractivity contribution in [1.82, 2.24) is 9.97 Å². The monoisotopic (exact) mass is 478 g/mol. The first-order chi connectivity index (χ1) is 15.1. The number of aromatic nitrogens is 2. The average molecular weight is 479 g/mol. The predicted molar refractivity (Wildman–Crippen MR) is 117 cm³/mol. The van der Waals surface area contributed by atoms with Crippen molar-refractivity contribution >= 4 is 38.9 Å². The molecule has 0 aliphatic carbocycles. The number of rotatable bonds is 6. The topological polar surface area (TPSA) is 72.3 Å². The number of carboxylic acids is 1. The number of carbonyl (C=O) groups is 1. The summed E-state index contributed by atoms with van der Waals surface area (Å²) < 4.78 is 45.2. The lowest BCUT2D eigenvalue weighted by Gasteiger charge is -2.08. The third kappa shape index (κ3) is 4.61. The van der Waals surface area contributed by atoms with E-state index in [1.807, 2.05) is 26.0 Å². The number of halogens is 3. The lowest BCUT2D eigenvalue weighted by atomic mass is 10.1. The maximum atomic E-state index is 12.8. The van der Waals surface area contributed by atoms with Crippen LogP contribution in [0, 0.1) is 13.8 Å². The molecular weight excluding hydrogens is 461 g/mol. The average Bonchev–Trinajstić information content (AvgIpc) is 3.30. The standard InChI is InChI=1S/C22H17F3N2O3S2/c1-11-15(7-8-16-20(11)27-18(31-16)9-19(28)29)30-10-17-12(2)26-21(32-17)13-3-5-14(6-4-13)22(23,24)25/h3-8H,9-10H2,1-2H3,(H,28,29). The summed E-state index contributed by atoms with van der Waals surface area (Å²) in [5.41, 5.74) is 2.21. The van der Waals surface area contributed by atoms with Crippen LogP contribution in [0.1, 0.15) is 26.7 Å². The second-order valence-corrected chi connectivity index (χ2v) is 9.30. The summed E-state index contributed by atoms with van der Waals surface area (Å²) in [6, 6.07) is 8.61. The molecule has 0 saturated heterocycles. The zero-order chi connectivity index (χ0) is 23.0. The molecule has 1 N–H and O–H groups in total. The van der Waals surface area contributed by atoms with Gasteiger partial charge in [0.1, 0.15) is 22.4 Å². The second-order valence-electron chi connectivity index (χ2n) is 7.10. The highest BCUT2D eigenvalue weighted by Crippen LogP contribution is 2.35. The number of hydrogen-bond acceptors (Lipinski definition) is 6. The fraction of sp³-hybridized carbons (Fsp3) is 0.227. The Kier molecular flexibility index (Phi) is 5.91. The molecule has 0 atom stereocenters. The number of benzene rings is 2. The Morgan fingerprint density at radius 1 is 1.06 bits per heavy atom. The van der Waals surface area contributed by atoms with Crippen LogP contribution < -0.4 is 4.74 Å². The van der Waals surface area contributed by atoms with Crippen molar-refractivity contribution in [3.63, 3.8) is 0 Å². The molecule has 10 heteroatoms. The second kappa shape index (κ2) is 8.51. The Morgan fingerprint density at radius 2 is 1.78 bits per heavy atom. The number of thiazole rings is 2. The molecular formula is C22H17F3N2O3S2. The number of nitrogens with zero attached hydrogens (tertiary/aromatic N) is 2. The molecule has 2 aromatic carbocycles. The first-order valence-electron chi connectivity index (χ1n) is 9.49. The number of fused-ring (bicyclic) bond motifs is 1. The lowest BCUT2D eigenvalue weighted by Crippen LogP contribution is -2.03. The van der Waals surface area contributed by atoms with Crippen LogP contribution >= 0.6 is 22.7 Å².